The van der Waals surface area contributed by atoms with Gasteiger partial charge in [-0.1, -0.05) is 54.8 Å². The van der Waals surface area contributed by atoms with E-state index >= 15 is 0 Å². The average molecular weight is 402 g/mol. The summed E-state index contributed by atoms with van der Waals surface area (Å²) in [6, 6.07) is 13.1. The van der Waals surface area contributed by atoms with Gasteiger partial charge in [-0.2, -0.15) is 5.10 Å². The number of amides is 2. The fourth-order valence-corrected chi connectivity index (χ4v) is 2.45. The van der Waals surface area contributed by atoms with E-state index in [2.05, 4.69) is 15.8 Å². The Morgan fingerprint density at radius 2 is 1.89 bits per heavy atom. The lowest BCUT2D eigenvalue weighted by atomic mass is 10.1. The third kappa shape index (κ3) is 7.04. The van der Waals surface area contributed by atoms with Crippen LogP contribution in [0.5, 0.6) is 5.75 Å². The molecule has 0 aliphatic rings. The minimum Gasteiger partial charge on any atom is -0.488 e. The zero-order valence-corrected chi connectivity index (χ0v) is 16.8. The first-order valence-electron chi connectivity index (χ1n) is 9.08. The van der Waals surface area contributed by atoms with Crippen molar-refractivity contribution in [3.8, 4) is 5.75 Å². The summed E-state index contributed by atoms with van der Waals surface area (Å²) in [6.07, 6.45) is 3.14. The predicted molar refractivity (Wildman–Crippen MR) is 111 cm³/mol. The molecule has 0 bridgehead atoms. The molecule has 2 aromatic rings. The maximum Gasteiger partial charge on any atom is 0.329 e. The number of halogens is 1. The molecule has 0 saturated heterocycles. The molecule has 0 fully saturated rings. The van der Waals surface area contributed by atoms with Gasteiger partial charge in [0.25, 0.3) is 0 Å². The van der Waals surface area contributed by atoms with Crippen LogP contribution in [0.4, 0.5) is 0 Å². The van der Waals surface area contributed by atoms with Crippen LogP contribution in [0.1, 0.15) is 36.5 Å². The minimum absolute atomic E-state index is 0.384. The standard InChI is InChI=1S/C21H24ClN3O3/c1-3-4-11-23-20(26)21(27)25-24-13-17-12-18(22)9-10-19(17)28-14-16-7-5-15(2)6-8-16/h5-10,12-13H,3-4,11,14H2,1-2H3,(H,23,26)(H,25,27)/b24-13-. The fourth-order valence-electron chi connectivity index (χ4n) is 2.27. The molecule has 148 valence electrons. The summed E-state index contributed by atoms with van der Waals surface area (Å²) >= 11 is 6.05. The summed E-state index contributed by atoms with van der Waals surface area (Å²) in [7, 11) is 0. The molecule has 0 saturated carbocycles. The number of hydrazone groups is 1. The fraction of sp³-hybridized carbons (Fsp3) is 0.286. The van der Waals surface area contributed by atoms with E-state index in [1.165, 1.54) is 11.8 Å². The van der Waals surface area contributed by atoms with Crippen LogP contribution in [0.25, 0.3) is 0 Å². The molecule has 2 aromatic carbocycles. The van der Waals surface area contributed by atoms with Gasteiger partial charge in [-0.3, -0.25) is 9.59 Å². The van der Waals surface area contributed by atoms with E-state index in [1.54, 1.807) is 18.2 Å². The molecule has 0 unspecified atom stereocenters. The van der Waals surface area contributed by atoms with E-state index in [1.807, 2.05) is 38.1 Å². The molecule has 0 atom stereocenters. The lowest BCUT2D eigenvalue weighted by molar-refractivity contribution is -0.139. The smallest absolute Gasteiger partial charge is 0.329 e. The highest BCUT2D eigenvalue weighted by molar-refractivity contribution is 6.35. The van der Waals surface area contributed by atoms with Gasteiger partial charge in [0.2, 0.25) is 0 Å². The van der Waals surface area contributed by atoms with Crippen LogP contribution in [-0.4, -0.2) is 24.6 Å². The molecule has 28 heavy (non-hydrogen) atoms. The molecular formula is C21H24ClN3O3. The zero-order chi connectivity index (χ0) is 20.4. The second-order valence-corrected chi connectivity index (χ2v) is 6.70. The van der Waals surface area contributed by atoms with Gasteiger partial charge in [0.15, 0.2) is 0 Å². The Bertz CT molecular complexity index is 835. The van der Waals surface area contributed by atoms with Crippen molar-refractivity contribution in [2.75, 3.05) is 6.54 Å². The largest absolute Gasteiger partial charge is 0.488 e. The summed E-state index contributed by atoms with van der Waals surface area (Å²) in [6.45, 7) is 4.86. The highest BCUT2D eigenvalue weighted by atomic mass is 35.5. The van der Waals surface area contributed by atoms with Gasteiger partial charge in [0.1, 0.15) is 12.4 Å². The third-order valence-electron chi connectivity index (χ3n) is 3.88. The van der Waals surface area contributed by atoms with Crippen LogP contribution < -0.4 is 15.5 Å². The molecular weight excluding hydrogens is 378 g/mol. The first-order chi connectivity index (χ1) is 13.5. The number of hydrogen-bond donors (Lipinski definition) is 2. The third-order valence-corrected chi connectivity index (χ3v) is 4.11. The highest BCUT2D eigenvalue weighted by Crippen LogP contribution is 2.22. The van der Waals surface area contributed by atoms with Crippen molar-refractivity contribution in [1.29, 1.82) is 0 Å². The number of ether oxygens (including phenoxy) is 1. The first kappa shape index (κ1) is 21.4. The van der Waals surface area contributed by atoms with E-state index in [0.717, 1.165) is 18.4 Å². The number of nitrogens with zero attached hydrogens (tertiary/aromatic N) is 1. The van der Waals surface area contributed by atoms with Crippen molar-refractivity contribution in [3.63, 3.8) is 0 Å². The SMILES string of the molecule is CCCCNC(=O)C(=O)N/N=C\c1cc(Cl)ccc1OCc1ccc(C)cc1. The summed E-state index contributed by atoms with van der Waals surface area (Å²) in [5, 5.41) is 6.87. The summed E-state index contributed by atoms with van der Waals surface area (Å²) in [5.74, 6) is -0.973. The first-order valence-corrected chi connectivity index (χ1v) is 9.46. The number of nitrogens with one attached hydrogen (secondary N) is 2. The van der Waals surface area contributed by atoms with Gasteiger partial charge in [0, 0.05) is 17.1 Å². The van der Waals surface area contributed by atoms with Gasteiger partial charge in [-0.15, -0.1) is 0 Å². The van der Waals surface area contributed by atoms with Crippen LogP contribution in [0, 0.1) is 6.92 Å². The summed E-state index contributed by atoms with van der Waals surface area (Å²) in [5.41, 5.74) is 5.00. The lowest BCUT2D eigenvalue weighted by Gasteiger charge is -2.10. The molecule has 2 N–H and O–H groups in total. The van der Waals surface area contributed by atoms with Crippen LogP contribution >= 0.6 is 11.6 Å². The second-order valence-electron chi connectivity index (χ2n) is 6.27. The van der Waals surface area contributed by atoms with E-state index in [9.17, 15) is 9.59 Å². The van der Waals surface area contributed by atoms with Crippen molar-refractivity contribution >= 4 is 29.6 Å². The Labute approximate surface area is 169 Å². The number of rotatable bonds is 8. The van der Waals surface area contributed by atoms with Gasteiger partial charge in [-0.05, 0) is 37.1 Å². The Morgan fingerprint density at radius 3 is 2.61 bits per heavy atom. The average Bonchev–Trinajstić information content (AvgIpc) is 2.68. The number of aryl methyl sites for hydroxylation is 1. The molecule has 0 aromatic heterocycles. The normalized spacial score (nSPS) is 10.7. The molecule has 2 amide bonds. The van der Waals surface area contributed by atoms with Gasteiger partial charge >= 0.3 is 11.8 Å². The van der Waals surface area contributed by atoms with Crippen molar-refractivity contribution in [3.05, 3.63) is 64.2 Å². The van der Waals surface area contributed by atoms with E-state index in [4.69, 9.17) is 16.3 Å². The van der Waals surface area contributed by atoms with E-state index in [0.29, 0.717) is 29.5 Å². The van der Waals surface area contributed by atoms with Crippen molar-refractivity contribution in [2.24, 2.45) is 5.10 Å². The molecule has 0 aliphatic heterocycles. The van der Waals surface area contributed by atoms with Crippen LogP contribution in [0.2, 0.25) is 5.02 Å². The Morgan fingerprint density at radius 1 is 1.14 bits per heavy atom. The molecule has 7 heteroatoms. The minimum atomic E-state index is -0.823. The highest BCUT2D eigenvalue weighted by Gasteiger charge is 2.11. The molecule has 2 rings (SSSR count). The molecule has 0 aliphatic carbocycles. The van der Waals surface area contributed by atoms with Crippen LogP contribution in [-0.2, 0) is 16.2 Å². The molecule has 0 spiro atoms. The summed E-state index contributed by atoms with van der Waals surface area (Å²) in [4.78, 5) is 23.3. The number of benzene rings is 2. The Kier molecular flexibility index (Phi) is 8.49. The zero-order valence-electron chi connectivity index (χ0n) is 16.0. The van der Waals surface area contributed by atoms with Gasteiger partial charge < -0.3 is 10.1 Å². The number of hydrogen-bond acceptors (Lipinski definition) is 4. The second kappa shape index (κ2) is 11.1. The van der Waals surface area contributed by atoms with Gasteiger partial charge in [-0.25, -0.2) is 5.43 Å². The maximum absolute atomic E-state index is 11.7. The van der Waals surface area contributed by atoms with Crippen molar-refractivity contribution < 1.29 is 14.3 Å². The Hall–Kier alpha value is -2.86. The number of unbranched alkanes of at least 4 members (excludes halogenated alkanes) is 1. The predicted octanol–water partition coefficient (Wildman–Crippen LogP) is 3.59. The summed E-state index contributed by atoms with van der Waals surface area (Å²) < 4.78 is 5.85. The number of carbonyl (C=O) groups is 2. The van der Waals surface area contributed by atoms with Crippen molar-refractivity contribution in [2.45, 2.75) is 33.3 Å². The van der Waals surface area contributed by atoms with Crippen LogP contribution in [0.3, 0.4) is 0 Å². The molecule has 0 radical (unpaired) electrons. The van der Waals surface area contributed by atoms with E-state index < -0.39 is 11.8 Å². The molecule has 6 nitrogen and oxygen atoms in total. The van der Waals surface area contributed by atoms with Gasteiger partial charge in [0.05, 0.1) is 6.21 Å². The topological polar surface area (TPSA) is 79.8 Å². The quantitative estimate of drug-likeness (QED) is 0.307. The number of carbonyl (C=O) groups excluding carboxylic acids is 2. The lowest BCUT2D eigenvalue weighted by Crippen LogP contribution is -2.38. The van der Waals surface area contributed by atoms with Crippen molar-refractivity contribution in [1.82, 2.24) is 10.7 Å². The van der Waals surface area contributed by atoms with Crippen LogP contribution in [0.15, 0.2) is 47.6 Å². The Balaban J connectivity index is 1.97. The molecule has 0 heterocycles. The van der Waals surface area contributed by atoms with E-state index in [-0.39, 0.29) is 0 Å². The monoisotopic (exact) mass is 401 g/mol. The maximum atomic E-state index is 11.7.